The van der Waals surface area contributed by atoms with Crippen molar-refractivity contribution in [3.8, 4) is 0 Å². The molecule has 1 rings (SSSR count). The van der Waals surface area contributed by atoms with Gasteiger partial charge in [0.05, 0.1) is 5.56 Å². The topological polar surface area (TPSA) is 103 Å². The lowest BCUT2D eigenvalue weighted by molar-refractivity contribution is -0.137. The Morgan fingerprint density at radius 1 is 1.05 bits per heavy atom. The third-order valence-corrected chi connectivity index (χ3v) is 1.80. The summed E-state index contributed by atoms with van der Waals surface area (Å²) in [5.41, 5.74) is 12.1. The number of alkyl halides is 3. The summed E-state index contributed by atoms with van der Waals surface area (Å²) in [4.78, 5) is 6.22. The Balaban J connectivity index is 3.47. The summed E-state index contributed by atoms with van der Waals surface area (Å²) < 4.78 is 63.9. The van der Waals surface area contributed by atoms with Gasteiger partial charge in [-0.2, -0.15) is 18.2 Å². The normalized spacial score (nSPS) is 12.4. The Morgan fingerprint density at radius 2 is 1.63 bits per heavy atom. The molecule has 0 unspecified atom stereocenters. The molecule has 0 fully saturated rings. The highest BCUT2D eigenvalue weighted by Gasteiger charge is 2.35. The van der Waals surface area contributed by atoms with Crippen molar-refractivity contribution in [2.75, 3.05) is 0 Å². The average Bonchev–Trinajstić information content (AvgIpc) is 2.18. The molecule has 0 amide bonds. The Bertz CT molecular complexity index is 545. The summed E-state index contributed by atoms with van der Waals surface area (Å²) in [7, 11) is 0. The van der Waals surface area contributed by atoms with E-state index in [1.54, 1.807) is 0 Å². The molecule has 0 atom stereocenters. The number of benzene rings is 1. The maximum Gasteiger partial charge on any atom is 0.418 e. The zero-order valence-electron chi connectivity index (χ0n) is 9.17. The Morgan fingerprint density at radius 3 is 2.11 bits per heavy atom. The van der Waals surface area contributed by atoms with Crippen molar-refractivity contribution in [2.45, 2.75) is 6.18 Å². The molecular weight excluding hydrogens is 273 g/mol. The van der Waals surface area contributed by atoms with Gasteiger partial charge in [-0.3, -0.25) is 0 Å². The summed E-state index contributed by atoms with van der Waals surface area (Å²) in [5, 5.41) is 0. The molecule has 0 saturated heterocycles. The van der Waals surface area contributed by atoms with Crippen LogP contribution in [0, 0.1) is 11.6 Å². The molecule has 0 radical (unpaired) electrons. The number of hydrogen-bond acceptors (Lipinski definition) is 1. The monoisotopic (exact) mass is 281 g/mol. The van der Waals surface area contributed by atoms with E-state index in [1.165, 1.54) is 0 Å². The van der Waals surface area contributed by atoms with Gasteiger partial charge < -0.3 is 17.2 Å². The second-order valence-electron chi connectivity index (χ2n) is 3.29. The van der Waals surface area contributed by atoms with Gasteiger partial charge in [-0.05, 0) is 6.07 Å². The molecule has 19 heavy (non-hydrogen) atoms. The van der Waals surface area contributed by atoms with Crippen LogP contribution in [0.2, 0.25) is 0 Å². The molecule has 104 valence electrons. The number of aliphatic imine (C=N–C) groups is 2. The van der Waals surface area contributed by atoms with Crippen LogP contribution < -0.4 is 17.2 Å². The van der Waals surface area contributed by atoms with E-state index in [0.717, 1.165) is 0 Å². The van der Waals surface area contributed by atoms with E-state index in [4.69, 9.17) is 17.2 Å². The van der Waals surface area contributed by atoms with Gasteiger partial charge in [0, 0.05) is 6.07 Å². The van der Waals surface area contributed by atoms with Crippen molar-refractivity contribution in [1.29, 1.82) is 0 Å². The van der Waals surface area contributed by atoms with Gasteiger partial charge in [0.2, 0.25) is 5.96 Å². The summed E-state index contributed by atoms with van der Waals surface area (Å²) in [6.45, 7) is 0. The fourth-order valence-electron chi connectivity index (χ4n) is 1.17. The molecule has 1 aromatic carbocycles. The van der Waals surface area contributed by atoms with Crippen LogP contribution in [0.25, 0.3) is 0 Å². The highest BCUT2D eigenvalue weighted by atomic mass is 19.4. The van der Waals surface area contributed by atoms with Crippen LogP contribution in [-0.4, -0.2) is 11.9 Å². The molecule has 0 aromatic heterocycles. The Labute approximate surface area is 103 Å². The summed E-state index contributed by atoms with van der Waals surface area (Å²) in [6.07, 6.45) is -5.01. The van der Waals surface area contributed by atoms with Gasteiger partial charge in [0.1, 0.15) is 11.5 Å². The van der Waals surface area contributed by atoms with Crippen molar-refractivity contribution in [3.05, 3.63) is 29.3 Å². The van der Waals surface area contributed by atoms with Crippen molar-refractivity contribution < 1.29 is 22.0 Å². The van der Waals surface area contributed by atoms with Crippen LogP contribution >= 0.6 is 0 Å². The SMILES string of the molecule is NC(N)=NC(N)=Nc1c(F)cc(F)cc1C(F)(F)F. The minimum absolute atomic E-state index is 0.0880. The summed E-state index contributed by atoms with van der Waals surface area (Å²) in [5.74, 6) is -4.31. The number of nitrogens with two attached hydrogens (primary N) is 3. The van der Waals surface area contributed by atoms with Gasteiger partial charge >= 0.3 is 6.18 Å². The number of halogens is 5. The summed E-state index contributed by atoms with van der Waals surface area (Å²) in [6, 6.07) is 0.321. The van der Waals surface area contributed by atoms with Gasteiger partial charge in [-0.1, -0.05) is 0 Å². The standard InChI is InChI=1S/C9H8F5N5/c10-3-1-4(9(12,13)14)6(5(11)2-3)18-8(17)19-7(15)16/h1-2H,(H6,15,16,17,18,19). The van der Waals surface area contributed by atoms with E-state index in [1.807, 2.05) is 0 Å². The van der Waals surface area contributed by atoms with Gasteiger partial charge in [0.25, 0.3) is 0 Å². The van der Waals surface area contributed by atoms with E-state index < -0.39 is 41.0 Å². The molecule has 1 aromatic rings. The molecular formula is C9H8F5N5. The van der Waals surface area contributed by atoms with Gasteiger partial charge in [-0.25, -0.2) is 13.8 Å². The predicted octanol–water partition coefficient (Wildman–Crippen LogP) is 1.20. The van der Waals surface area contributed by atoms with Crippen LogP contribution in [-0.2, 0) is 6.18 Å². The van der Waals surface area contributed by atoms with Crippen molar-refractivity contribution >= 4 is 17.6 Å². The second kappa shape index (κ2) is 5.08. The Hall–Kier alpha value is -2.39. The summed E-state index contributed by atoms with van der Waals surface area (Å²) >= 11 is 0. The van der Waals surface area contributed by atoms with E-state index in [2.05, 4.69) is 9.98 Å². The highest BCUT2D eigenvalue weighted by Crippen LogP contribution is 2.38. The van der Waals surface area contributed by atoms with Gasteiger partial charge in [-0.15, -0.1) is 0 Å². The first-order valence-corrected chi connectivity index (χ1v) is 4.61. The van der Waals surface area contributed by atoms with E-state index >= 15 is 0 Å². The zero-order valence-corrected chi connectivity index (χ0v) is 9.17. The zero-order chi connectivity index (χ0) is 14.8. The largest absolute Gasteiger partial charge is 0.418 e. The molecule has 5 nitrogen and oxygen atoms in total. The molecule has 0 bridgehead atoms. The second-order valence-corrected chi connectivity index (χ2v) is 3.29. The third kappa shape index (κ3) is 3.79. The first-order chi connectivity index (χ1) is 8.61. The molecule has 0 aliphatic rings. The van der Waals surface area contributed by atoms with Crippen LogP contribution in [0.3, 0.4) is 0 Å². The van der Waals surface area contributed by atoms with Crippen molar-refractivity contribution in [1.82, 2.24) is 0 Å². The van der Waals surface area contributed by atoms with Crippen molar-refractivity contribution in [2.24, 2.45) is 27.2 Å². The van der Waals surface area contributed by atoms with Crippen LogP contribution in [0.15, 0.2) is 22.1 Å². The minimum atomic E-state index is -5.01. The number of guanidine groups is 2. The third-order valence-electron chi connectivity index (χ3n) is 1.80. The fourth-order valence-corrected chi connectivity index (χ4v) is 1.17. The van der Waals surface area contributed by atoms with E-state index in [9.17, 15) is 22.0 Å². The molecule has 6 N–H and O–H groups in total. The van der Waals surface area contributed by atoms with Crippen LogP contribution in [0.5, 0.6) is 0 Å². The first-order valence-electron chi connectivity index (χ1n) is 4.61. The van der Waals surface area contributed by atoms with Gasteiger partial charge in [0.15, 0.2) is 11.8 Å². The maximum atomic E-state index is 13.3. The highest BCUT2D eigenvalue weighted by molar-refractivity contribution is 5.93. The molecule has 10 heteroatoms. The lowest BCUT2D eigenvalue weighted by Gasteiger charge is -2.10. The number of hydrogen-bond donors (Lipinski definition) is 3. The van der Waals surface area contributed by atoms with Crippen LogP contribution in [0.1, 0.15) is 5.56 Å². The molecule has 0 heterocycles. The molecule has 0 spiro atoms. The maximum absolute atomic E-state index is 13.3. The Kier molecular flexibility index (Phi) is 3.92. The predicted molar refractivity (Wildman–Crippen MR) is 58.5 cm³/mol. The van der Waals surface area contributed by atoms with E-state index in [-0.39, 0.29) is 12.1 Å². The number of nitrogens with zero attached hydrogens (tertiary/aromatic N) is 2. The lowest BCUT2D eigenvalue weighted by Crippen LogP contribution is -2.26. The molecule has 0 aliphatic heterocycles. The quantitative estimate of drug-likeness (QED) is 0.409. The molecule has 0 saturated carbocycles. The smallest absolute Gasteiger partial charge is 0.370 e. The van der Waals surface area contributed by atoms with Crippen LogP contribution in [0.4, 0.5) is 27.6 Å². The minimum Gasteiger partial charge on any atom is -0.370 e. The average molecular weight is 281 g/mol. The van der Waals surface area contributed by atoms with E-state index in [0.29, 0.717) is 0 Å². The molecule has 0 aliphatic carbocycles. The first kappa shape index (κ1) is 14.7. The van der Waals surface area contributed by atoms with Crippen molar-refractivity contribution in [3.63, 3.8) is 0 Å². The lowest BCUT2D eigenvalue weighted by atomic mass is 10.1. The fraction of sp³-hybridized carbons (Fsp3) is 0.111. The number of rotatable bonds is 1.